The third kappa shape index (κ3) is 2.92. The lowest BCUT2D eigenvalue weighted by atomic mass is 9.99. The Balaban J connectivity index is 1.79. The second kappa shape index (κ2) is 7.00. The molecule has 5 heteroatoms. The Labute approximate surface area is 161 Å². The number of fused-ring (bicyclic) bond motifs is 1. The number of nitrogens with zero attached hydrogens (tertiary/aromatic N) is 2. The SMILES string of the molecule is COc1ccc(Br)c(C(=O)N2CCn3cccc3C2c2ccccc2)c1. The summed E-state index contributed by atoms with van der Waals surface area (Å²) in [5.74, 6) is 0.672. The van der Waals surface area contributed by atoms with Crippen LogP contribution in [0, 0.1) is 0 Å². The van der Waals surface area contributed by atoms with Crippen LogP contribution in [0.4, 0.5) is 0 Å². The van der Waals surface area contributed by atoms with Gasteiger partial charge in [0.05, 0.1) is 18.7 Å². The molecule has 1 aromatic heterocycles. The molecular formula is C21H19BrN2O2. The average Bonchev–Trinajstić information content (AvgIpc) is 3.16. The van der Waals surface area contributed by atoms with E-state index >= 15 is 0 Å². The molecule has 1 atom stereocenters. The van der Waals surface area contributed by atoms with Crippen LogP contribution in [0.3, 0.4) is 0 Å². The Kier molecular flexibility index (Phi) is 4.55. The number of carbonyl (C=O) groups excluding carboxylic acids is 1. The molecule has 1 unspecified atom stereocenters. The summed E-state index contributed by atoms with van der Waals surface area (Å²) in [4.78, 5) is 15.4. The first kappa shape index (κ1) is 16.9. The van der Waals surface area contributed by atoms with Crippen molar-refractivity contribution < 1.29 is 9.53 Å². The van der Waals surface area contributed by atoms with Crippen molar-refractivity contribution in [1.82, 2.24) is 9.47 Å². The Hall–Kier alpha value is -2.53. The van der Waals surface area contributed by atoms with Gasteiger partial charge in [0.25, 0.3) is 5.91 Å². The number of benzene rings is 2. The first-order valence-corrected chi connectivity index (χ1v) is 9.33. The van der Waals surface area contributed by atoms with Gasteiger partial charge in [-0.3, -0.25) is 4.79 Å². The largest absolute Gasteiger partial charge is 0.497 e. The quantitative estimate of drug-likeness (QED) is 0.636. The van der Waals surface area contributed by atoms with Gasteiger partial charge in [-0.2, -0.15) is 0 Å². The van der Waals surface area contributed by atoms with Crippen molar-refractivity contribution in [3.05, 3.63) is 88.2 Å². The fourth-order valence-electron chi connectivity index (χ4n) is 3.54. The number of hydrogen-bond acceptors (Lipinski definition) is 2. The zero-order valence-corrected chi connectivity index (χ0v) is 16.0. The fraction of sp³-hybridized carbons (Fsp3) is 0.190. The lowest BCUT2D eigenvalue weighted by molar-refractivity contribution is 0.0662. The van der Waals surface area contributed by atoms with E-state index in [2.05, 4.69) is 44.9 Å². The van der Waals surface area contributed by atoms with Crippen LogP contribution in [0.2, 0.25) is 0 Å². The Morgan fingerprint density at radius 1 is 1.08 bits per heavy atom. The first-order chi connectivity index (χ1) is 12.7. The molecule has 0 spiro atoms. The van der Waals surface area contributed by atoms with Crippen LogP contribution in [-0.4, -0.2) is 29.0 Å². The number of ether oxygens (including phenoxy) is 1. The average molecular weight is 411 g/mol. The van der Waals surface area contributed by atoms with Gasteiger partial charge in [0.1, 0.15) is 5.75 Å². The van der Waals surface area contributed by atoms with Crippen LogP contribution in [-0.2, 0) is 6.54 Å². The van der Waals surface area contributed by atoms with Crippen LogP contribution in [0.25, 0.3) is 0 Å². The molecule has 2 heterocycles. The zero-order chi connectivity index (χ0) is 18.1. The third-order valence-corrected chi connectivity index (χ3v) is 5.51. The van der Waals surface area contributed by atoms with E-state index in [0.717, 1.165) is 22.3 Å². The van der Waals surface area contributed by atoms with Gasteiger partial charge in [-0.05, 0) is 51.8 Å². The van der Waals surface area contributed by atoms with Gasteiger partial charge in [0, 0.05) is 29.5 Å². The van der Waals surface area contributed by atoms with E-state index in [9.17, 15) is 4.79 Å². The lowest BCUT2D eigenvalue weighted by Crippen LogP contribution is -2.42. The minimum Gasteiger partial charge on any atom is -0.497 e. The number of methoxy groups -OCH3 is 1. The highest BCUT2D eigenvalue weighted by Gasteiger charge is 2.33. The van der Waals surface area contributed by atoms with Gasteiger partial charge in [-0.1, -0.05) is 30.3 Å². The number of halogens is 1. The molecule has 132 valence electrons. The zero-order valence-electron chi connectivity index (χ0n) is 14.4. The van der Waals surface area contributed by atoms with Crippen LogP contribution in [0.1, 0.15) is 27.7 Å². The van der Waals surface area contributed by atoms with E-state index in [-0.39, 0.29) is 11.9 Å². The number of rotatable bonds is 3. The molecule has 2 aromatic carbocycles. The number of aromatic nitrogens is 1. The summed E-state index contributed by atoms with van der Waals surface area (Å²) in [7, 11) is 1.61. The smallest absolute Gasteiger partial charge is 0.256 e. The Bertz CT molecular complexity index is 936. The third-order valence-electron chi connectivity index (χ3n) is 4.82. The van der Waals surface area contributed by atoms with Crippen molar-refractivity contribution in [2.45, 2.75) is 12.6 Å². The molecule has 0 saturated heterocycles. The highest BCUT2D eigenvalue weighted by atomic mass is 79.9. The van der Waals surface area contributed by atoms with Crippen LogP contribution in [0.5, 0.6) is 5.75 Å². The van der Waals surface area contributed by atoms with E-state index in [4.69, 9.17) is 4.74 Å². The van der Waals surface area contributed by atoms with Crippen molar-refractivity contribution >= 4 is 21.8 Å². The number of amides is 1. The van der Waals surface area contributed by atoms with Crippen molar-refractivity contribution in [1.29, 1.82) is 0 Å². The maximum atomic E-state index is 13.4. The Morgan fingerprint density at radius 2 is 1.88 bits per heavy atom. The molecule has 1 aliphatic rings. The number of hydrogen-bond donors (Lipinski definition) is 0. The second-order valence-corrected chi connectivity index (χ2v) is 7.14. The topological polar surface area (TPSA) is 34.5 Å². The molecule has 0 fully saturated rings. The maximum absolute atomic E-state index is 13.4. The van der Waals surface area contributed by atoms with Gasteiger partial charge in [0.2, 0.25) is 0 Å². The summed E-state index contributed by atoms with van der Waals surface area (Å²) in [6.07, 6.45) is 2.08. The summed E-state index contributed by atoms with van der Waals surface area (Å²) in [6, 6.07) is 19.7. The van der Waals surface area contributed by atoms with E-state index < -0.39 is 0 Å². The normalized spacial score (nSPS) is 16.2. The molecule has 1 amide bonds. The Morgan fingerprint density at radius 3 is 2.65 bits per heavy atom. The standard InChI is InChI=1S/C21H19BrN2O2/c1-26-16-9-10-18(22)17(14-16)21(25)24-13-12-23-11-5-8-19(23)20(24)15-6-3-2-4-7-15/h2-11,14,20H,12-13H2,1H3. The lowest BCUT2D eigenvalue weighted by Gasteiger charge is -2.37. The molecule has 4 rings (SSSR count). The first-order valence-electron chi connectivity index (χ1n) is 8.53. The molecule has 0 aliphatic carbocycles. The predicted octanol–water partition coefficient (Wildman–Crippen LogP) is 4.50. The molecule has 26 heavy (non-hydrogen) atoms. The fourth-order valence-corrected chi connectivity index (χ4v) is 3.95. The summed E-state index contributed by atoms with van der Waals surface area (Å²) >= 11 is 3.52. The highest BCUT2D eigenvalue weighted by Crippen LogP contribution is 2.35. The monoisotopic (exact) mass is 410 g/mol. The molecule has 3 aromatic rings. The van der Waals surface area contributed by atoms with Gasteiger partial charge in [-0.15, -0.1) is 0 Å². The van der Waals surface area contributed by atoms with E-state index in [1.54, 1.807) is 13.2 Å². The van der Waals surface area contributed by atoms with Crippen LogP contribution >= 0.6 is 15.9 Å². The minimum atomic E-state index is -0.106. The van der Waals surface area contributed by atoms with Crippen LogP contribution < -0.4 is 4.74 Å². The highest BCUT2D eigenvalue weighted by molar-refractivity contribution is 9.10. The summed E-state index contributed by atoms with van der Waals surface area (Å²) in [5.41, 5.74) is 2.86. The summed E-state index contributed by atoms with van der Waals surface area (Å²) in [6.45, 7) is 1.45. The molecule has 0 N–H and O–H groups in total. The van der Waals surface area contributed by atoms with Gasteiger partial charge < -0.3 is 14.2 Å². The molecule has 4 nitrogen and oxygen atoms in total. The molecule has 0 radical (unpaired) electrons. The molecular weight excluding hydrogens is 392 g/mol. The molecule has 0 bridgehead atoms. The van der Waals surface area contributed by atoms with Crippen LogP contribution in [0.15, 0.2) is 71.3 Å². The second-order valence-electron chi connectivity index (χ2n) is 6.28. The summed E-state index contributed by atoms with van der Waals surface area (Å²) in [5, 5.41) is 0. The van der Waals surface area contributed by atoms with E-state index in [1.807, 2.05) is 41.3 Å². The summed E-state index contributed by atoms with van der Waals surface area (Å²) < 4.78 is 8.31. The van der Waals surface area contributed by atoms with Crippen molar-refractivity contribution in [2.75, 3.05) is 13.7 Å². The predicted molar refractivity (Wildman–Crippen MR) is 104 cm³/mol. The van der Waals surface area contributed by atoms with Crippen molar-refractivity contribution in [3.63, 3.8) is 0 Å². The van der Waals surface area contributed by atoms with E-state index in [1.165, 1.54) is 0 Å². The molecule has 1 aliphatic heterocycles. The van der Waals surface area contributed by atoms with Crippen molar-refractivity contribution in [3.8, 4) is 5.75 Å². The maximum Gasteiger partial charge on any atom is 0.256 e. The molecule has 0 saturated carbocycles. The van der Waals surface area contributed by atoms with Crippen molar-refractivity contribution in [2.24, 2.45) is 0 Å². The van der Waals surface area contributed by atoms with E-state index in [0.29, 0.717) is 17.9 Å². The number of carbonyl (C=O) groups is 1. The van der Waals surface area contributed by atoms with Gasteiger partial charge in [0.15, 0.2) is 0 Å². The van der Waals surface area contributed by atoms with Gasteiger partial charge >= 0.3 is 0 Å². The van der Waals surface area contributed by atoms with Gasteiger partial charge in [-0.25, -0.2) is 0 Å². The minimum absolute atomic E-state index is 0.00271.